The Bertz CT molecular complexity index is 489. The van der Waals surface area contributed by atoms with Crippen molar-refractivity contribution < 1.29 is 10.2 Å². The van der Waals surface area contributed by atoms with Crippen LogP contribution in [0.4, 0.5) is 11.4 Å². The van der Waals surface area contributed by atoms with E-state index in [9.17, 15) is 10.2 Å². The van der Waals surface area contributed by atoms with Gasteiger partial charge < -0.3 is 10.2 Å². The van der Waals surface area contributed by atoms with Crippen LogP contribution < -0.4 is 0 Å². The average Bonchev–Trinajstić information content (AvgIpc) is 2.30. The highest BCUT2D eigenvalue weighted by Gasteiger charge is 2.04. The maximum absolute atomic E-state index is 9.46. The monoisotopic (exact) mass is 214 g/mol. The minimum Gasteiger partial charge on any atom is -0.505 e. The lowest BCUT2D eigenvalue weighted by molar-refractivity contribution is 0.452. The number of aromatic hydroxyl groups is 2. The zero-order valence-electron chi connectivity index (χ0n) is 8.41. The quantitative estimate of drug-likeness (QED) is 0.751. The van der Waals surface area contributed by atoms with Crippen molar-refractivity contribution in [1.82, 2.24) is 0 Å². The van der Waals surface area contributed by atoms with Gasteiger partial charge in [0.15, 0.2) is 5.69 Å². The molecule has 0 saturated carbocycles. The Morgan fingerprint density at radius 1 is 0.688 bits per heavy atom. The van der Waals surface area contributed by atoms with Gasteiger partial charge in [-0.15, -0.1) is 5.11 Å². The third-order valence-electron chi connectivity index (χ3n) is 2.02. The van der Waals surface area contributed by atoms with Crippen molar-refractivity contribution >= 4 is 11.4 Å². The van der Waals surface area contributed by atoms with Gasteiger partial charge in [0.1, 0.15) is 11.5 Å². The molecule has 80 valence electrons. The molecule has 2 aromatic rings. The number of phenolic OH excluding ortho intramolecular Hbond substituents is 2. The van der Waals surface area contributed by atoms with Crippen molar-refractivity contribution in [2.24, 2.45) is 10.2 Å². The first kappa shape index (κ1) is 10.2. The number of azo groups is 1. The van der Waals surface area contributed by atoms with Gasteiger partial charge in [-0.2, -0.15) is 5.11 Å². The van der Waals surface area contributed by atoms with Crippen LogP contribution in [0.1, 0.15) is 0 Å². The molecule has 0 aliphatic carbocycles. The summed E-state index contributed by atoms with van der Waals surface area (Å²) < 4.78 is 0. The molecule has 0 heterocycles. The van der Waals surface area contributed by atoms with Crippen molar-refractivity contribution in [3.63, 3.8) is 0 Å². The van der Waals surface area contributed by atoms with E-state index in [4.69, 9.17) is 0 Å². The fraction of sp³-hybridized carbons (Fsp3) is 0. The third-order valence-corrected chi connectivity index (χ3v) is 2.02. The van der Waals surface area contributed by atoms with Crippen molar-refractivity contribution in [1.29, 1.82) is 0 Å². The molecule has 0 spiro atoms. The number of benzene rings is 2. The van der Waals surface area contributed by atoms with Crippen LogP contribution in [0.15, 0.2) is 58.8 Å². The van der Waals surface area contributed by atoms with Gasteiger partial charge in [0.2, 0.25) is 0 Å². The summed E-state index contributed by atoms with van der Waals surface area (Å²) in [5.74, 6) is -0.195. The van der Waals surface area contributed by atoms with Gasteiger partial charge in [0.05, 0.1) is 5.69 Å². The van der Waals surface area contributed by atoms with Crippen LogP contribution in [-0.4, -0.2) is 10.2 Å². The second-order valence-electron chi connectivity index (χ2n) is 3.18. The summed E-state index contributed by atoms with van der Waals surface area (Å²) in [5, 5.41) is 26.6. The van der Waals surface area contributed by atoms with E-state index < -0.39 is 0 Å². The molecule has 16 heavy (non-hydrogen) atoms. The van der Waals surface area contributed by atoms with E-state index in [1.807, 2.05) is 18.2 Å². The maximum Gasteiger partial charge on any atom is 0.169 e. The zero-order valence-corrected chi connectivity index (χ0v) is 8.41. The van der Waals surface area contributed by atoms with E-state index in [1.54, 1.807) is 12.1 Å². The van der Waals surface area contributed by atoms with E-state index in [2.05, 4.69) is 10.2 Å². The Hall–Kier alpha value is -2.36. The molecule has 0 amide bonds. The summed E-state index contributed by atoms with van der Waals surface area (Å²) in [4.78, 5) is 0. The first-order valence-corrected chi connectivity index (χ1v) is 4.75. The fourth-order valence-corrected chi connectivity index (χ4v) is 1.22. The van der Waals surface area contributed by atoms with E-state index >= 15 is 0 Å². The van der Waals surface area contributed by atoms with Crippen LogP contribution in [-0.2, 0) is 0 Å². The standard InChI is InChI=1S/C12H10N2O2/c15-10-7-4-8-11(16)12(10)14-13-9-5-2-1-3-6-9/h1-8,15-16H/b14-13+. The van der Waals surface area contributed by atoms with Crippen molar-refractivity contribution in [3.8, 4) is 11.5 Å². The number of hydrogen-bond acceptors (Lipinski definition) is 4. The Labute approximate surface area is 92.5 Å². The van der Waals surface area contributed by atoms with E-state index in [0.29, 0.717) is 5.69 Å². The van der Waals surface area contributed by atoms with Crippen molar-refractivity contribution in [2.75, 3.05) is 0 Å². The van der Waals surface area contributed by atoms with Crippen LogP contribution in [0.25, 0.3) is 0 Å². The summed E-state index contributed by atoms with van der Waals surface area (Å²) in [6, 6.07) is 13.5. The van der Waals surface area contributed by atoms with Crippen LogP contribution >= 0.6 is 0 Å². The number of rotatable bonds is 2. The first-order chi connectivity index (χ1) is 7.77. The molecule has 0 bridgehead atoms. The minimum atomic E-state index is -0.0975. The van der Waals surface area contributed by atoms with Crippen LogP contribution in [0.3, 0.4) is 0 Å². The first-order valence-electron chi connectivity index (χ1n) is 4.75. The molecule has 2 rings (SSSR count). The molecule has 0 atom stereocenters. The SMILES string of the molecule is Oc1cccc(O)c1/N=N/c1ccccc1. The summed E-state index contributed by atoms with van der Waals surface area (Å²) in [6.07, 6.45) is 0. The second kappa shape index (κ2) is 4.44. The second-order valence-corrected chi connectivity index (χ2v) is 3.18. The summed E-state index contributed by atoms with van der Waals surface area (Å²) in [6.45, 7) is 0. The number of phenols is 2. The van der Waals surface area contributed by atoms with E-state index in [-0.39, 0.29) is 17.2 Å². The highest BCUT2D eigenvalue weighted by Crippen LogP contribution is 2.36. The lowest BCUT2D eigenvalue weighted by atomic mass is 10.3. The summed E-state index contributed by atoms with van der Waals surface area (Å²) in [5.41, 5.74) is 0.733. The third kappa shape index (κ3) is 2.17. The molecule has 0 aliphatic rings. The molecular formula is C12H10N2O2. The lowest BCUT2D eigenvalue weighted by Crippen LogP contribution is -1.69. The predicted octanol–water partition coefficient (Wildman–Crippen LogP) is 3.51. The predicted molar refractivity (Wildman–Crippen MR) is 60.4 cm³/mol. The van der Waals surface area contributed by atoms with Gasteiger partial charge in [-0.05, 0) is 24.3 Å². The molecule has 0 saturated heterocycles. The molecule has 4 heteroatoms. The Kier molecular flexibility index (Phi) is 2.82. The topological polar surface area (TPSA) is 65.2 Å². The molecule has 4 nitrogen and oxygen atoms in total. The highest BCUT2D eigenvalue weighted by molar-refractivity contribution is 5.60. The van der Waals surface area contributed by atoms with E-state index in [0.717, 1.165) is 0 Å². The van der Waals surface area contributed by atoms with Crippen molar-refractivity contribution in [3.05, 3.63) is 48.5 Å². The number of nitrogens with zero attached hydrogens (tertiary/aromatic N) is 2. The molecule has 0 fully saturated rings. The highest BCUT2D eigenvalue weighted by atomic mass is 16.3. The zero-order chi connectivity index (χ0) is 11.4. The Balaban J connectivity index is 2.31. The normalized spacial score (nSPS) is 10.8. The molecule has 0 aromatic heterocycles. The largest absolute Gasteiger partial charge is 0.505 e. The lowest BCUT2D eigenvalue weighted by Gasteiger charge is -1.99. The Morgan fingerprint density at radius 2 is 1.31 bits per heavy atom. The molecule has 0 aliphatic heterocycles. The van der Waals surface area contributed by atoms with Crippen LogP contribution in [0.2, 0.25) is 0 Å². The molecule has 2 N–H and O–H groups in total. The molecular weight excluding hydrogens is 204 g/mol. The molecule has 0 unspecified atom stereocenters. The Morgan fingerprint density at radius 3 is 1.94 bits per heavy atom. The summed E-state index contributed by atoms with van der Waals surface area (Å²) >= 11 is 0. The molecule has 0 radical (unpaired) electrons. The minimum absolute atomic E-state index is 0.0753. The smallest absolute Gasteiger partial charge is 0.169 e. The van der Waals surface area contributed by atoms with Crippen molar-refractivity contribution in [2.45, 2.75) is 0 Å². The van der Waals surface area contributed by atoms with Gasteiger partial charge >= 0.3 is 0 Å². The number of hydrogen-bond donors (Lipinski definition) is 2. The van der Waals surface area contributed by atoms with Crippen LogP contribution in [0.5, 0.6) is 11.5 Å². The van der Waals surface area contributed by atoms with Gasteiger partial charge in [-0.1, -0.05) is 24.3 Å². The van der Waals surface area contributed by atoms with E-state index in [1.165, 1.54) is 18.2 Å². The maximum atomic E-state index is 9.46. The van der Waals surface area contributed by atoms with Gasteiger partial charge in [-0.3, -0.25) is 0 Å². The average molecular weight is 214 g/mol. The van der Waals surface area contributed by atoms with Crippen LogP contribution in [0, 0.1) is 0 Å². The van der Waals surface area contributed by atoms with Gasteiger partial charge in [0.25, 0.3) is 0 Å². The van der Waals surface area contributed by atoms with Gasteiger partial charge in [-0.25, -0.2) is 0 Å². The molecule has 2 aromatic carbocycles. The van der Waals surface area contributed by atoms with Gasteiger partial charge in [0, 0.05) is 0 Å². The summed E-state index contributed by atoms with van der Waals surface area (Å²) in [7, 11) is 0. The fourth-order valence-electron chi connectivity index (χ4n) is 1.22.